The second-order valence-corrected chi connectivity index (χ2v) is 4.41. The lowest BCUT2D eigenvalue weighted by Gasteiger charge is -2.32. The predicted molar refractivity (Wildman–Crippen MR) is 48.3 cm³/mol. The minimum absolute atomic E-state index is 0.103. The Hall–Kier alpha value is -0.610. The summed E-state index contributed by atoms with van der Waals surface area (Å²) in [6, 6.07) is 0. The first-order valence-electron chi connectivity index (χ1n) is 5.10. The maximum absolute atomic E-state index is 11.3. The number of cyclic esters (lactones) is 1. The molecule has 0 bridgehead atoms. The topological polar surface area (TPSA) is 66.8 Å². The molecule has 5 atom stereocenters. The van der Waals surface area contributed by atoms with Gasteiger partial charge in [0.1, 0.15) is 0 Å². The molecule has 0 aromatic carbocycles. The Morgan fingerprint density at radius 3 is 2.86 bits per heavy atom. The maximum Gasteiger partial charge on any atom is 0.311 e. The van der Waals surface area contributed by atoms with Gasteiger partial charge in [-0.15, -0.1) is 0 Å². The van der Waals surface area contributed by atoms with Gasteiger partial charge in [0.25, 0.3) is 0 Å². The first-order chi connectivity index (χ1) is 6.65. The van der Waals surface area contributed by atoms with E-state index in [1.807, 2.05) is 6.92 Å². The van der Waals surface area contributed by atoms with Crippen LogP contribution in [0.25, 0.3) is 0 Å². The van der Waals surface area contributed by atoms with Crippen molar-refractivity contribution in [1.82, 2.24) is 0 Å². The molecule has 2 aliphatic rings. The highest BCUT2D eigenvalue weighted by atomic mass is 16.5. The van der Waals surface area contributed by atoms with Gasteiger partial charge < -0.3 is 14.9 Å². The van der Waals surface area contributed by atoms with Crippen LogP contribution in [0.15, 0.2) is 0 Å². The van der Waals surface area contributed by atoms with Crippen molar-refractivity contribution in [3.05, 3.63) is 0 Å². The third-order valence-electron chi connectivity index (χ3n) is 3.78. The Morgan fingerprint density at radius 2 is 2.21 bits per heavy atom. The minimum atomic E-state index is -0.423. The maximum atomic E-state index is 11.3. The average Bonchev–Trinajstić information content (AvgIpc) is 2.43. The Morgan fingerprint density at radius 1 is 1.50 bits per heavy atom. The molecule has 1 aliphatic heterocycles. The largest absolute Gasteiger partial charge is 0.465 e. The van der Waals surface area contributed by atoms with Crippen LogP contribution in [0.3, 0.4) is 0 Å². The molecular weight excluding hydrogens is 184 g/mol. The normalized spacial score (nSPS) is 47.4. The zero-order valence-corrected chi connectivity index (χ0v) is 8.22. The summed E-state index contributed by atoms with van der Waals surface area (Å²) >= 11 is 0. The summed E-state index contributed by atoms with van der Waals surface area (Å²) in [5.41, 5.74) is 0. The van der Waals surface area contributed by atoms with E-state index in [1.54, 1.807) is 0 Å². The third-order valence-corrected chi connectivity index (χ3v) is 3.78. The number of carbonyl (C=O) groups is 1. The Bertz CT molecular complexity index is 240. The monoisotopic (exact) mass is 200 g/mol. The lowest BCUT2D eigenvalue weighted by Crippen LogP contribution is -2.40. The molecule has 2 N–H and O–H groups in total. The van der Waals surface area contributed by atoms with E-state index < -0.39 is 5.92 Å². The number of ether oxygens (including phenoxy) is 1. The smallest absolute Gasteiger partial charge is 0.311 e. The molecule has 1 saturated heterocycles. The Labute approximate surface area is 82.9 Å². The van der Waals surface area contributed by atoms with Gasteiger partial charge in [-0.05, 0) is 18.3 Å². The number of rotatable bonds is 1. The summed E-state index contributed by atoms with van der Waals surface area (Å²) in [6.45, 7) is 2.21. The molecule has 2 rings (SSSR count). The molecule has 1 heterocycles. The van der Waals surface area contributed by atoms with E-state index in [0.29, 0.717) is 13.0 Å². The van der Waals surface area contributed by atoms with Gasteiger partial charge in [-0.3, -0.25) is 4.79 Å². The van der Waals surface area contributed by atoms with Crippen molar-refractivity contribution >= 4 is 5.97 Å². The van der Waals surface area contributed by atoms with Crippen LogP contribution in [0, 0.1) is 23.7 Å². The second kappa shape index (κ2) is 3.51. The van der Waals surface area contributed by atoms with Crippen molar-refractivity contribution < 1.29 is 19.7 Å². The van der Waals surface area contributed by atoms with Crippen molar-refractivity contribution in [2.75, 3.05) is 13.2 Å². The summed E-state index contributed by atoms with van der Waals surface area (Å²) in [7, 11) is 0. The van der Waals surface area contributed by atoms with Crippen molar-refractivity contribution in [1.29, 1.82) is 0 Å². The van der Waals surface area contributed by atoms with Gasteiger partial charge in [-0.25, -0.2) is 0 Å². The molecular formula is C10H16O4. The van der Waals surface area contributed by atoms with Crippen LogP contribution in [0.5, 0.6) is 0 Å². The van der Waals surface area contributed by atoms with E-state index >= 15 is 0 Å². The number of esters is 1. The highest BCUT2D eigenvalue weighted by molar-refractivity contribution is 5.73. The van der Waals surface area contributed by atoms with Crippen LogP contribution in [0.4, 0.5) is 0 Å². The van der Waals surface area contributed by atoms with Crippen LogP contribution >= 0.6 is 0 Å². The van der Waals surface area contributed by atoms with Crippen molar-refractivity contribution in [2.24, 2.45) is 23.7 Å². The molecule has 4 nitrogen and oxygen atoms in total. The standard InChI is InChI=1S/C10H16O4/c1-5-8-4-14-10(13)7(3-11)6(8)2-9(5)12/h5-9,11-12H,2-4H2,1H3/t5-,6-,7+,8-,9+/m1/s1. The molecule has 0 spiro atoms. The number of hydrogen-bond acceptors (Lipinski definition) is 4. The van der Waals surface area contributed by atoms with E-state index in [9.17, 15) is 9.90 Å². The molecule has 0 unspecified atom stereocenters. The van der Waals surface area contributed by atoms with E-state index in [1.165, 1.54) is 0 Å². The summed E-state index contributed by atoms with van der Waals surface area (Å²) < 4.78 is 5.00. The predicted octanol–water partition coefficient (Wildman–Crippen LogP) is -0.215. The van der Waals surface area contributed by atoms with Gasteiger partial charge in [0.05, 0.1) is 25.2 Å². The number of aliphatic hydroxyl groups is 2. The molecule has 4 heteroatoms. The van der Waals surface area contributed by atoms with Crippen LogP contribution < -0.4 is 0 Å². The van der Waals surface area contributed by atoms with Crippen LogP contribution in [0.1, 0.15) is 13.3 Å². The highest BCUT2D eigenvalue weighted by Crippen LogP contribution is 2.44. The Kier molecular flexibility index (Phi) is 2.49. The molecule has 14 heavy (non-hydrogen) atoms. The number of hydrogen-bond donors (Lipinski definition) is 2. The van der Waals surface area contributed by atoms with Gasteiger partial charge in [-0.2, -0.15) is 0 Å². The van der Waals surface area contributed by atoms with E-state index in [2.05, 4.69) is 0 Å². The van der Waals surface area contributed by atoms with Gasteiger partial charge >= 0.3 is 5.97 Å². The fourth-order valence-electron chi connectivity index (χ4n) is 2.75. The van der Waals surface area contributed by atoms with Crippen LogP contribution in [-0.2, 0) is 9.53 Å². The summed E-state index contributed by atoms with van der Waals surface area (Å²) in [5, 5.41) is 18.8. The fourth-order valence-corrected chi connectivity index (χ4v) is 2.75. The zero-order chi connectivity index (χ0) is 10.3. The van der Waals surface area contributed by atoms with Gasteiger partial charge in [0.2, 0.25) is 0 Å². The van der Waals surface area contributed by atoms with Crippen molar-refractivity contribution in [2.45, 2.75) is 19.4 Å². The van der Waals surface area contributed by atoms with E-state index in [-0.39, 0.29) is 36.4 Å². The first kappa shape index (κ1) is 9.93. The van der Waals surface area contributed by atoms with Gasteiger partial charge in [0.15, 0.2) is 0 Å². The number of aliphatic hydroxyl groups excluding tert-OH is 2. The SMILES string of the molecule is C[C@@H]1[C@H]2COC(=O)[C@@H](CO)[C@H]2C[C@@H]1O. The number of fused-ring (bicyclic) bond motifs is 1. The molecule has 1 aliphatic carbocycles. The minimum Gasteiger partial charge on any atom is -0.465 e. The first-order valence-corrected chi connectivity index (χ1v) is 5.10. The highest BCUT2D eigenvalue weighted by Gasteiger charge is 2.49. The Balaban J connectivity index is 2.17. The molecule has 0 aromatic rings. The lowest BCUT2D eigenvalue weighted by atomic mass is 9.80. The summed E-state index contributed by atoms with van der Waals surface area (Å²) in [6.07, 6.45) is 0.264. The second-order valence-electron chi connectivity index (χ2n) is 4.41. The van der Waals surface area contributed by atoms with Gasteiger partial charge in [0, 0.05) is 5.92 Å². The van der Waals surface area contributed by atoms with Crippen molar-refractivity contribution in [3.63, 3.8) is 0 Å². The van der Waals surface area contributed by atoms with Crippen LogP contribution in [0.2, 0.25) is 0 Å². The zero-order valence-electron chi connectivity index (χ0n) is 8.22. The molecule has 80 valence electrons. The molecule has 1 saturated carbocycles. The van der Waals surface area contributed by atoms with Gasteiger partial charge in [-0.1, -0.05) is 6.92 Å². The summed E-state index contributed by atoms with van der Waals surface area (Å²) in [4.78, 5) is 11.3. The fraction of sp³-hybridized carbons (Fsp3) is 0.900. The molecule has 0 amide bonds. The third kappa shape index (κ3) is 1.33. The quantitative estimate of drug-likeness (QED) is 0.574. The van der Waals surface area contributed by atoms with Crippen molar-refractivity contribution in [3.8, 4) is 0 Å². The molecule has 0 radical (unpaired) electrons. The molecule has 2 fully saturated rings. The van der Waals surface area contributed by atoms with E-state index in [0.717, 1.165) is 0 Å². The van der Waals surface area contributed by atoms with Crippen LogP contribution in [-0.4, -0.2) is 35.5 Å². The lowest BCUT2D eigenvalue weighted by molar-refractivity contribution is -0.163. The summed E-state index contributed by atoms with van der Waals surface area (Å²) in [5.74, 6) is -0.239. The molecule has 0 aromatic heterocycles. The van der Waals surface area contributed by atoms with E-state index in [4.69, 9.17) is 9.84 Å². The average molecular weight is 200 g/mol. The number of carbonyl (C=O) groups excluding carboxylic acids is 1.